The van der Waals surface area contributed by atoms with Crippen LogP contribution >= 0.6 is 0 Å². The molecule has 1 aromatic rings. The van der Waals surface area contributed by atoms with Gasteiger partial charge in [-0.15, -0.1) is 0 Å². The van der Waals surface area contributed by atoms with Gasteiger partial charge in [0.25, 0.3) is 5.91 Å². The van der Waals surface area contributed by atoms with Crippen LogP contribution in [-0.2, 0) is 4.79 Å². The Kier molecular flexibility index (Phi) is 3.46. The van der Waals surface area contributed by atoms with E-state index in [9.17, 15) is 9.59 Å². The number of nitrogens with one attached hydrogen (secondary N) is 1. The Morgan fingerprint density at radius 2 is 2.06 bits per heavy atom. The predicted octanol–water partition coefficient (Wildman–Crippen LogP) is 2.07. The number of carboxylic acid groups (broad SMARTS) is 1. The summed E-state index contributed by atoms with van der Waals surface area (Å²) in [6.45, 7) is 2.01. The Labute approximate surface area is 105 Å². The summed E-state index contributed by atoms with van der Waals surface area (Å²) < 4.78 is 0. The maximum atomic E-state index is 11.9. The highest BCUT2D eigenvalue weighted by Crippen LogP contribution is 2.29. The molecule has 2 N–H and O–H groups in total. The first kappa shape index (κ1) is 12.4. The number of rotatable bonds is 3. The van der Waals surface area contributed by atoms with E-state index in [0.717, 1.165) is 18.4 Å². The van der Waals surface area contributed by atoms with Gasteiger partial charge in [0.05, 0.1) is 6.04 Å². The standard InChI is InChI=1S/C14H15NO3/c1-2-5-12-11(8-13(16)17)9-6-3-4-7-10(9)14(18)15-12/h3-4,6-8,12H,2,5H2,1H3,(H,15,18)(H,16,17)/b11-8-. The molecule has 0 saturated carbocycles. The molecule has 0 aliphatic carbocycles. The number of carboxylic acids is 1. The highest BCUT2D eigenvalue weighted by molar-refractivity contribution is 6.06. The molecule has 1 amide bonds. The van der Waals surface area contributed by atoms with E-state index in [1.54, 1.807) is 18.2 Å². The van der Waals surface area contributed by atoms with E-state index >= 15 is 0 Å². The van der Waals surface area contributed by atoms with Gasteiger partial charge >= 0.3 is 5.97 Å². The van der Waals surface area contributed by atoms with Crippen molar-refractivity contribution in [2.45, 2.75) is 25.8 Å². The summed E-state index contributed by atoms with van der Waals surface area (Å²) in [6.07, 6.45) is 2.81. The zero-order chi connectivity index (χ0) is 13.1. The second-order valence-electron chi connectivity index (χ2n) is 4.30. The number of benzene rings is 1. The van der Waals surface area contributed by atoms with Gasteiger partial charge in [0.2, 0.25) is 0 Å². The van der Waals surface area contributed by atoms with Crippen molar-refractivity contribution >= 4 is 17.4 Å². The van der Waals surface area contributed by atoms with Crippen molar-refractivity contribution in [2.24, 2.45) is 0 Å². The van der Waals surface area contributed by atoms with Gasteiger partial charge < -0.3 is 10.4 Å². The minimum Gasteiger partial charge on any atom is -0.478 e. The first-order valence-electron chi connectivity index (χ1n) is 5.98. The van der Waals surface area contributed by atoms with Crippen LogP contribution in [0.1, 0.15) is 35.7 Å². The van der Waals surface area contributed by atoms with Gasteiger partial charge in [0, 0.05) is 11.6 Å². The van der Waals surface area contributed by atoms with Gasteiger partial charge in [-0.3, -0.25) is 4.79 Å². The molecule has 1 aromatic carbocycles. The number of hydrogen-bond acceptors (Lipinski definition) is 2. The fourth-order valence-corrected chi connectivity index (χ4v) is 2.26. The van der Waals surface area contributed by atoms with E-state index in [-0.39, 0.29) is 11.9 Å². The summed E-state index contributed by atoms with van der Waals surface area (Å²) in [7, 11) is 0. The molecule has 2 rings (SSSR count). The fraction of sp³-hybridized carbons (Fsp3) is 0.286. The van der Waals surface area contributed by atoms with Gasteiger partial charge in [0.1, 0.15) is 0 Å². The molecule has 1 aliphatic heterocycles. The van der Waals surface area contributed by atoms with Gasteiger partial charge in [-0.2, -0.15) is 0 Å². The van der Waals surface area contributed by atoms with E-state index in [1.165, 1.54) is 6.08 Å². The van der Waals surface area contributed by atoms with Crippen LogP contribution in [0.4, 0.5) is 0 Å². The first-order valence-corrected chi connectivity index (χ1v) is 5.98. The van der Waals surface area contributed by atoms with Crippen molar-refractivity contribution in [1.29, 1.82) is 0 Å². The minimum atomic E-state index is -0.989. The van der Waals surface area contributed by atoms with E-state index < -0.39 is 5.97 Å². The summed E-state index contributed by atoms with van der Waals surface area (Å²) in [5, 5.41) is 11.8. The fourth-order valence-electron chi connectivity index (χ4n) is 2.26. The van der Waals surface area contributed by atoms with Crippen LogP contribution in [0.5, 0.6) is 0 Å². The van der Waals surface area contributed by atoms with Crippen LogP contribution in [0, 0.1) is 0 Å². The van der Waals surface area contributed by atoms with Gasteiger partial charge in [-0.1, -0.05) is 31.5 Å². The normalized spacial score (nSPS) is 20.4. The summed E-state index contributed by atoms with van der Waals surface area (Å²) in [5.41, 5.74) is 1.94. The molecule has 94 valence electrons. The number of carbonyl (C=O) groups excluding carboxylic acids is 1. The van der Waals surface area contributed by atoms with Crippen molar-refractivity contribution in [1.82, 2.24) is 5.32 Å². The van der Waals surface area contributed by atoms with E-state index in [1.807, 2.05) is 13.0 Å². The van der Waals surface area contributed by atoms with Gasteiger partial charge in [-0.05, 0) is 23.6 Å². The minimum absolute atomic E-state index is 0.133. The molecule has 4 nitrogen and oxygen atoms in total. The van der Waals surface area contributed by atoms with Crippen molar-refractivity contribution in [3.8, 4) is 0 Å². The Morgan fingerprint density at radius 3 is 2.67 bits per heavy atom. The summed E-state index contributed by atoms with van der Waals surface area (Å²) >= 11 is 0. The third kappa shape index (κ3) is 2.27. The average Bonchev–Trinajstić information content (AvgIpc) is 2.34. The molecule has 1 atom stereocenters. The number of carbonyl (C=O) groups is 2. The molecule has 1 aliphatic rings. The quantitative estimate of drug-likeness (QED) is 0.801. The predicted molar refractivity (Wildman–Crippen MR) is 68.2 cm³/mol. The molecule has 0 aromatic heterocycles. The van der Waals surface area contributed by atoms with E-state index in [0.29, 0.717) is 11.1 Å². The molecule has 4 heteroatoms. The molecular weight excluding hydrogens is 230 g/mol. The molecule has 0 radical (unpaired) electrons. The first-order chi connectivity index (χ1) is 8.63. The van der Waals surface area contributed by atoms with Gasteiger partial charge in [0.15, 0.2) is 0 Å². The van der Waals surface area contributed by atoms with Crippen LogP contribution in [0.25, 0.3) is 5.57 Å². The lowest BCUT2D eigenvalue weighted by Gasteiger charge is -2.28. The Bertz CT molecular complexity index is 520. The highest BCUT2D eigenvalue weighted by atomic mass is 16.4. The lowest BCUT2D eigenvalue weighted by Crippen LogP contribution is -2.40. The average molecular weight is 245 g/mol. The highest BCUT2D eigenvalue weighted by Gasteiger charge is 2.28. The molecule has 0 fully saturated rings. The zero-order valence-electron chi connectivity index (χ0n) is 10.1. The maximum absolute atomic E-state index is 11.9. The number of aliphatic carboxylic acids is 1. The third-order valence-electron chi connectivity index (χ3n) is 3.02. The second-order valence-corrected chi connectivity index (χ2v) is 4.30. The monoisotopic (exact) mass is 245 g/mol. The molecule has 1 unspecified atom stereocenters. The Hall–Kier alpha value is -2.10. The topological polar surface area (TPSA) is 66.4 Å². The molecule has 0 spiro atoms. The Balaban J connectivity index is 2.53. The van der Waals surface area contributed by atoms with Crippen molar-refractivity contribution in [3.63, 3.8) is 0 Å². The molecule has 0 saturated heterocycles. The van der Waals surface area contributed by atoms with E-state index in [2.05, 4.69) is 5.32 Å². The van der Waals surface area contributed by atoms with Crippen LogP contribution in [0.3, 0.4) is 0 Å². The van der Waals surface area contributed by atoms with Crippen LogP contribution in [0.2, 0.25) is 0 Å². The largest absolute Gasteiger partial charge is 0.478 e. The summed E-state index contributed by atoms with van der Waals surface area (Å²) in [6, 6.07) is 6.88. The second kappa shape index (κ2) is 5.04. The number of hydrogen-bond donors (Lipinski definition) is 2. The SMILES string of the molecule is CCCC1NC(=O)c2ccccc2/C1=C/C(=O)O. The molecule has 0 bridgehead atoms. The van der Waals surface area contributed by atoms with Crippen molar-refractivity contribution in [3.05, 3.63) is 41.5 Å². The number of amides is 1. The summed E-state index contributed by atoms with van der Waals surface area (Å²) in [4.78, 5) is 22.8. The molecule has 1 heterocycles. The van der Waals surface area contributed by atoms with Gasteiger partial charge in [-0.25, -0.2) is 4.79 Å². The lowest BCUT2D eigenvalue weighted by atomic mass is 9.87. The Morgan fingerprint density at radius 1 is 1.39 bits per heavy atom. The molecular formula is C14H15NO3. The smallest absolute Gasteiger partial charge is 0.328 e. The van der Waals surface area contributed by atoms with Crippen molar-refractivity contribution < 1.29 is 14.7 Å². The van der Waals surface area contributed by atoms with Crippen LogP contribution < -0.4 is 5.32 Å². The number of fused-ring (bicyclic) bond motifs is 1. The van der Waals surface area contributed by atoms with Crippen LogP contribution in [-0.4, -0.2) is 23.0 Å². The van der Waals surface area contributed by atoms with Crippen LogP contribution in [0.15, 0.2) is 30.3 Å². The molecule has 18 heavy (non-hydrogen) atoms. The summed E-state index contributed by atoms with van der Waals surface area (Å²) in [5.74, 6) is -1.12. The third-order valence-corrected chi connectivity index (χ3v) is 3.02. The van der Waals surface area contributed by atoms with E-state index in [4.69, 9.17) is 5.11 Å². The lowest BCUT2D eigenvalue weighted by molar-refractivity contribution is -0.131. The maximum Gasteiger partial charge on any atom is 0.328 e. The van der Waals surface area contributed by atoms with Crippen molar-refractivity contribution in [2.75, 3.05) is 0 Å². The zero-order valence-corrected chi connectivity index (χ0v) is 10.1.